The standard InChI is InChI=1S/C61H41NOSi/c1-40-32-35-58-55(36-40)52-28-14-16-30-57(52)62(58)41-37-56-53-29-15-17-31-59(53)63-61(56)60(38-41)64(42-18-4-2-5-19-42,43-20-6-3-7-21-43)44-33-34-51-49-26-11-10-24-47(49)45-22-8-9-23-46(45)48-25-12-13-27-50(48)54(51)39-44/h2-39H,1H3. The minimum absolute atomic E-state index is 0.889. The molecule has 10 aromatic carbocycles. The normalized spacial score (nSPS) is 12.1. The van der Waals surface area contributed by atoms with Crippen molar-refractivity contribution in [2.75, 3.05) is 0 Å². The Morgan fingerprint density at radius 3 is 1.47 bits per heavy atom. The van der Waals surface area contributed by atoms with Crippen LogP contribution in [0.25, 0.3) is 93.9 Å². The summed E-state index contributed by atoms with van der Waals surface area (Å²) in [4.78, 5) is 0. The summed E-state index contributed by atoms with van der Waals surface area (Å²) < 4.78 is 9.71. The second-order valence-corrected chi connectivity index (χ2v) is 21.0. The highest BCUT2D eigenvalue weighted by atomic mass is 28.3. The summed E-state index contributed by atoms with van der Waals surface area (Å²) in [5.41, 5.74) is 16.5. The lowest BCUT2D eigenvalue weighted by molar-refractivity contribution is 0.671. The van der Waals surface area contributed by atoms with E-state index in [1.807, 2.05) is 0 Å². The number of hydrogen-bond donors (Lipinski definition) is 0. The number of aryl methyl sites for hydroxylation is 1. The summed E-state index contributed by atoms with van der Waals surface area (Å²) in [6.07, 6.45) is 0. The topological polar surface area (TPSA) is 18.1 Å². The summed E-state index contributed by atoms with van der Waals surface area (Å²) in [7, 11) is -3.29. The van der Waals surface area contributed by atoms with E-state index in [1.54, 1.807) is 0 Å². The summed E-state index contributed by atoms with van der Waals surface area (Å²) >= 11 is 0. The Labute approximate surface area is 373 Å². The highest BCUT2D eigenvalue weighted by Crippen LogP contribution is 2.47. The van der Waals surface area contributed by atoms with Crippen molar-refractivity contribution in [3.63, 3.8) is 0 Å². The molecule has 0 saturated heterocycles. The molecule has 2 nitrogen and oxygen atoms in total. The lowest BCUT2D eigenvalue weighted by atomic mass is 9.81. The average molecular weight is 832 g/mol. The summed E-state index contributed by atoms with van der Waals surface area (Å²) in [6.45, 7) is 2.19. The molecular formula is C61H41NOSi. The van der Waals surface area contributed by atoms with Gasteiger partial charge in [-0.15, -0.1) is 0 Å². The molecule has 0 fully saturated rings. The van der Waals surface area contributed by atoms with E-state index in [2.05, 4.69) is 242 Å². The van der Waals surface area contributed by atoms with Crippen LogP contribution in [0.5, 0.6) is 0 Å². The molecule has 0 radical (unpaired) electrons. The monoisotopic (exact) mass is 831 g/mol. The molecule has 0 N–H and O–H groups in total. The van der Waals surface area contributed by atoms with E-state index in [0.29, 0.717) is 0 Å². The van der Waals surface area contributed by atoms with Gasteiger partial charge in [0, 0.05) is 27.2 Å². The first-order valence-corrected chi connectivity index (χ1v) is 24.2. The van der Waals surface area contributed by atoms with Crippen LogP contribution in [0.3, 0.4) is 0 Å². The minimum atomic E-state index is -3.29. The van der Waals surface area contributed by atoms with Gasteiger partial charge in [0.25, 0.3) is 0 Å². The molecule has 0 aliphatic heterocycles. The fraction of sp³-hybridized carbons (Fsp3) is 0.0164. The average Bonchev–Trinajstić information content (AvgIpc) is 3.90. The van der Waals surface area contributed by atoms with Gasteiger partial charge in [-0.25, -0.2) is 0 Å². The second kappa shape index (κ2) is 14.3. The van der Waals surface area contributed by atoms with Crippen LogP contribution < -0.4 is 20.7 Å². The molecule has 300 valence electrons. The molecule has 2 heterocycles. The highest BCUT2D eigenvalue weighted by molar-refractivity contribution is 7.20. The Morgan fingerprint density at radius 1 is 0.344 bits per heavy atom. The van der Waals surface area contributed by atoms with Crippen LogP contribution >= 0.6 is 0 Å². The van der Waals surface area contributed by atoms with E-state index >= 15 is 0 Å². The number of hydrogen-bond acceptors (Lipinski definition) is 1. The third-order valence-electron chi connectivity index (χ3n) is 13.8. The van der Waals surface area contributed by atoms with Crippen molar-refractivity contribution in [1.82, 2.24) is 4.57 Å². The lowest BCUT2D eigenvalue weighted by Gasteiger charge is -2.35. The minimum Gasteiger partial charge on any atom is -0.456 e. The lowest BCUT2D eigenvalue weighted by Crippen LogP contribution is -2.75. The van der Waals surface area contributed by atoms with Gasteiger partial charge in [-0.3, -0.25) is 0 Å². The number of nitrogens with zero attached hydrogens (tertiary/aromatic N) is 1. The Balaban J connectivity index is 1.21. The first-order valence-electron chi connectivity index (χ1n) is 22.2. The fourth-order valence-corrected chi connectivity index (χ4v) is 15.9. The van der Waals surface area contributed by atoms with Gasteiger partial charge in [0.2, 0.25) is 0 Å². The quantitative estimate of drug-likeness (QED) is 0.125. The molecule has 0 spiro atoms. The second-order valence-electron chi connectivity index (χ2n) is 17.2. The highest BCUT2D eigenvalue weighted by Gasteiger charge is 2.45. The molecule has 12 aromatic rings. The number of rotatable bonds is 5. The number of fused-ring (bicyclic) bond motifs is 14. The van der Waals surface area contributed by atoms with Crippen molar-refractivity contribution in [2.24, 2.45) is 0 Å². The van der Waals surface area contributed by atoms with Crippen LogP contribution in [0.15, 0.2) is 235 Å². The van der Waals surface area contributed by atoms with Gasteiger partial charge < -0.3 is 8.98 Å². The Hall–Kier alpha value is -7.98. The van der Waals surface area contributed by atoms with Gasteiger partial charge in [0.1, 0.15) is 11.2 Å². The maximum Gasteiger partial charge on any atom is 0.184 e. The molecule has 2 aromatic heterocycles. The maximum absolute atomic E-state index is 7.23. The summed E-state index contributed by atoms with van der Waals surface area (Å²) in [5.74, 6) is 0. The van der Waals surface area contributed by atoms with Crippen LogP contribution in [0.1, 0.15) is 5.56 Å². The SMILES string of the molecule is Cc1ccc2c(c1)c1ccccc1n2-c1cc([Si](c2ccccc2)(c2ccccc2)c2ccc3c(c2)-c2ccccc2-c2ccccc2-c2ccccc2-3)c2oc3ccccc3c2c1. The van der Waals surface area contributed by atoms with Crippen LogP contribution in [-0.2, 0) is 0 Å². The molecule has 0 amide bonds. The number of para-hydroxylation sites is 2. The van der Waals surface area contributed by atoms with Crippen LogP contribution in [-0.4, -0.2) is 12.6 Å². The van der Waals surface area contributed by atoms with Crippen molar-refractivity contribution in [2.45, 2.75) is 6.92 Å². The van der Waals surface area contributed by atoms with E-state index in [9.17, 15) is 0 Å². The van der Waals surface area contributed by atoms with Crippen molar-refractivity contribution >= 4 is 72.6 Å². The molecule has 0 bridgehead atoms. The summed E-state index contributed by atoms with van der Waals surface area (Å²) in [6, 6.07) is 85.9. The zero-order chi connectivity index (χ0) is 42.4. The Bertz CT molecular complexity index is 3760. The first kappa shape index (κ1) is 36.7. The zero-order valence-corrected chi connectivity index (χ0v) is 36.3. The van der Waals surface area contributed by atoms with E-state index in [4.69, 9.17) is 4.42 Å². The molecule has 1 aliphatic rings. The van der Waals surface area contributed by atoms with Gasteiger partial charge in [-0.2, -0.15) is 0 Å². The number of furan rings is 1. The predicted molar refractivity (Wildman–Crippen MR) is 272 cm³/mol. The van der Waals surface area contributed by atoms with Crippen molar-refractivity contribution in [3.8, 4) is 50.2 Å². The van der Waals surface area contributed by atoms with Crippen molar-refractivity contribution in [1.29, 1.82) is 0 Å². The smallest absolute Gasteiger partial charge is 0.184 e. The molecular weight excluding hydrogens is 791 g/mol. The molecule has 0 saturated carbocycles. The van der Waals surface area contributed by atoms with Gasteiger partial charge in [0.05, 0.1) is 11.0 Å². The number of benzene rings is 10. The van der Waals surface area contributed by atoms with E-state index in [-0.39, 0.29) is 0 Å². The zero-order valence-electron chi connectivity index (χ0n) is 35.3. The predicted octanol–water partition coefficient (Wildman–Crippen LogP) is 13.4. The third-order valence-corrected chi connectivity index (χ3v) is 18.5. The maximum atomic E-state index is 7.23. The largest absolute Gasteiger partial charge is 0.456 e. The van der Waals surface area contributed by atoms with E-state index < -0.39 is 8.07 Å². The Kier molecular flexibility index (Phi) is 8.18. The third kappa shape index (κ3) is 5.31. The van der Waals surface area contributed by atoms with Crippen molar-refractivity contribution < 1.29 is 4.42 Å². The number of aromatic nitrogens is 1. The molecule has 1 aliphatic carbocycles. The molecule has 0 unspecified atom stereocenters. The van der Waals surface area contributed by atoms with Gasteiger partial charge in [-0.05, 0) is 109 Å². The Morgan fingerprint density at radius 2 is 0.844 bits per heavy atom. The van der Waals surface area contributed by atoms with E-state index in [0.717, 1.165) is 27.6 Å². The van der Waals surface area contributed by atoms with E-state index in [1.165, 1.54) is 92.6 Å². The molecule has 0 atom stereocenters. The molecule has 64 heavy (non-hydrogen) atoms. The summed E-state index contributed by atoms with van der Waals surface area (Å²) in [5, 5.41) is 9.84. The first-order chi connectivity index (χ1) is 31.7. The fourth-order valence-electron chi connectivity index (χ4n) is 11.0. The van der Waals surface area contributed by atoms with Crippen LogP contribution in [0.2, 0.25) is 0 Å². The van der Waals surface area contributed by atoms with Gasteiger partial charge >= 0.3 is 0 Å². The molecule has 3 heteroatoms. The van der Waals surface area contributed by atoms with Gasteiger partial charge in [0.15, 0.2) is 8.07 Å². The van der Waals surface area contributed by atoms with Crippen molar-refractivity contribution in [3.05, 3.63) is 236 Å². The van der Waals surface area contributed by atoms with Gasteiger partial charge in [-0.1, -0.05) is 200 Å². The van der Waals surface area contributed by atoms with Crippen LogP contribution in [0.4, 0.5) is 0 Å². The molecule has 13 rings (SSSR count). The van der Waals surface area contributed by atoms with Crippen LogP contribution in [0, 0.1) is 6.92 Å².